The first-order valence-corrected chi connectivity index (χ1v) is 8.73. The van der Waals surface area contributed by atoms with Gasteiger partial charge in [0, 0.05) is 50.7 Å². The van der Waals surface area contributed by atoms with Crippen molar-refractivity contribution in [3.05, 3.63) is 35.9 Å². The molecule has 4 nitrogen and oxygen atoms in total. The highest BCUT2D eigenvalue weighted by molar-refractivity contribution is 5.76. The van der Waals surface area contributed by atoms with Crippen LogP contribution in [0, 0.1) is 0 Å². The van der Waals surface area contributed by atoms with E-state index in [-0.39, 0.29) is 5.54 Å². The number of nitrogens with zero attached hydrogens (tertiary/aromatic N) is 3. The summed E-state index contributed by atoms with van der Waals surface area (Å²) in [6.07, 6.45) is 1.46. The summed E-state index contributed by atoms with van der Waals surface area (Å²) in [5.74, 6) is 0.305. The first-order chi connectivity index (χ1) is 11.0. The van der Waals surface area contributed by atoms with Crippen molar-refractivity contribution < 1.29 is 4.79 Å². The molecule has 0 bridgehead atoms. The molecule has 2 aliphatic heterocycles. The zero-order valence-corrected chi connectivity index (χ0v) is 14.7. The van der Waals surface area contributed by atoms with Crippen LogP contribution in [0.4, 0.5) is 0 Å². The van der Waals surface area contributed by atoms with Crippen molar-refractivity contribution in [2.75, 3.05) is 39.8 Å². The van der Waals surface area contributed by atoms with E-state index in [1.54, 1.807) is 0 Å². The van der Waals surface area contributed by atoms with Crippen molar-refractivity contribution in [3.63, 3.8) is 0 Å². The lowest BCUT2D eigenvalue weighted by Gasteiger charge is -2.55. The Kier molecular flexibility index (Phi) is 4.74. The summed E-state index contributed by atoms with van der Waals surface area (Å²) in [7, 11) is 2.19. The van der Waals surface area contributed by atoms with Gasteiger partial charge in [0.15, 0.2) is 0 Å². The van der Waals surface area contributed by atoms with Gasteiger partial charge in [-0.2, -0.15) is 0 Å². The number of piperazine rings is 2. The zero-order valence-electron chi connectivity index (χ0n) is 14.7. The molecule has 1 aromatic carbocycles. The van der Waals surface area contributed by atoms with Crippen molar-refractivity contribution in [3.8, 4) is 0 Å². The maximum Gasteiger partial charge on any atom is 0.222 e. The third-order valence-corrected chi connectivity index (χ3v) is 5.26. The van der Waals surface area contributed by atoms with Gasteiger partial charge in [0.05, 0.1) is 0 Å². The summed E-state index contributed by atoms with van der Waals surface area (Å²) in [5.41, 5.74) is 1.45. The van der Waals surface area contributed by atoms with E-state index in [1.807, 2.05) is 18.2 Å². The second-order valence-electron chi connectivity index (χ2n) is 7.68. The van der Waals surface area contributed by atoms with Gasteiger partial charge in [-0.25, -0.2) is 0 Å². The van der Waals surface area contributed by atoms with Gasteiger partial charge < -0.3 is 9.80 Å². The molecule has 0 spiro atoms. The molecule has 1 aromatic rings. The lowest BCUT2D eigenvalue weighted by molar-refractivity contribution is -0.138. The number of hydrogen-bond donors (Lipinski definition) is 0. The predicted octanol–water partition coefficient (Wildman–Crippen LogP) is 1.86. The molecule has 0 N–H and O–H groups in total. The number of rotatable bonds is 3. The zero-order chi connectivity index (χ0) is 16.4. The first kappa shape index (κ1) is 16.5. The van der Waals surface area contributed by atoms with Gasteiger partial charge in [-0.05, 0) is 32.9 Å². The average Bonchev–Trinajstić information content (AvgIpc) is 2.52. The predicted molar refractivity (Wildman–Crippen MR) is 93.4 cm³/mol. The van der Waals surface area contributed by atoms with Crippen molar-refractivity contribution in [1.82, 2.24) is 14.7 Å². The van der Waals surface area contributed by atoms with Crippen LogP contribution in [0.15, 0.2) is 30.3 Å². The van der Waals surface area contributed by atoms with Crippen molar-refractivity contribution in [2.45, 2.75) is 38.3 Å². The van der Waals surface area contributed by atoms with E-state index in [1.165, 1.54) is 5.56 Å². The molecule has 2 heterocycles. The Morgan fingerprint density at radius 3 is 2.65 bits per heavy atom. The molecule has 0 aliphatic carbocycles. The largest absolute Gasteiger partial charge is 0.340 e. The van der Waals surface area contributed by atoms with Crippen molar-refractivity contribution in [1.29, 1.82) is 0 Å². The standard InChI is InChI=1S/C19H29N3O/c1-19(2)15-20(3)13-17-14-21(11-12-22(17)19)18(23)10-9-16-7-5-4-6-8-16/h4-8,17H,9-15H2,1-3H3/t17-/m1/s1. The molecular weight excluding hydrogens is 286 g/mol. The summed E-state index contributed by atoms with van der Waals surface area (Å²) in [4.78, 5) is 19.7. The molecule has 23 heavy (non-hydrogen) atoms. The Morgan fingerprint density at radius 2 is 1.91 bits per heavy atom. The lowest BCUT2D eigenvalue weighted by Crippen LogP contribution is -2.69. The highest BCUT2D eigenvalue weighted by atomic mass is 16.2. The Morgan fingerprint density at radius 1 is 1.17 bits per heavy atom. The Balaban J connectivity index is 1.57. The van der Waals surface area contributed by atoms with E-state index >= 15 is 0 Å². The minimum absolute atomic E-state index is 0.205. The summed E-state index contributed by atoms with van der Waals surface area (Å²) in [6.45, 7) is 9.56. The van der Waals surface area contributed by atoms with Crippen LogP contribution in [0.5, 0.6) is 0 Å². The van der Waals surface area contributed by atoms with Crippen LogP contribution >= 0.6 is 0 Å². The topological polar surface area (TPSA) is 26.8 Å². The quantitative estimate of drug-likeness (QED) is 0.852. The summed E-state index contributed by atoms with van der Waals surface area (Å²) in [5, 5.41) is 0. The number of benzene rings is 1. The third-order valence-electron chi connectivity index (χ3n) is 5.26. The maximum atomic E-state index is 12.6. The van der Waals surface area contributed by atoms with Crippen LogP contribution in [0.2, 0.25) is 0 Å². The molecule has 3 rings (SSSR count). The molecule has 0 unspecified atom stereocenters. The molecule has 2 saturated heterocycles. The van der Waals surface area contributed by atoms with Gasteiger partial charge in [0.1, 0.15) is 0 Å². The van der Waals surface area contributed by atoms with E-state index < -0.39 is 0 Å². The molecule has 0 aromatic heterocycles. The molecule has 1 atom stereocenters. The normalized spacial score (nSPS) is 25.2. The minimum atomic E-state index is 0.205. The van der Waals surface area contributed by atoms with Crippen molar-refractivity contribution >= 4 is 5.91 Å². The van der Waals surface area contributed by atoms with Crippen LogP contribution in [0.1, 0.15) is 25.8 Å². The molecule has 0 saturated carbocycles. The van der Waals surface area contributed by atoms with Crippen LogP contribution in [0.25, 0.3) is 0 Å². The fraction of sp³-hybridized carbons (Fsp3) is 0.632. The Bertz CT molecular complexity index is 543. The SMILES string of the molecule is CN1C[C@@H]2CN(C(=O)CCc3ccccc3)CCN2C(C)(C)C1. The molecule has 2 aliphatic rings. The number of likely N-dealkylation sites (N-methyl/N-ethyl adjacent to an activating group) is 1. The van der Waals surface area contributed by atoms with Gasteiger partial charge in [-0.15, -0.1) is 0 Å². The summed E-state index contributed by atoms with van der Waals surface area (Å²) in [6, 6.07) is 10.8. The number of hydrogen-bond acceptors (Lipinski definition) is 3. The van der Waals surface area contributed by atoms with Crippen LogP contribution in [-0.2, 0) is 11.2 Å². The number of carbonyl (C=O) groups excluding carboxylic acids is 1. The summed E-state index contributed by atoms with van der Waals surface area (Å²) < 4.78 is 0. The maximum absolute atomic E-state index is 12.6. The number of fused-ring (bicyclic) bond motifs is 1. The highest BCUT2D eigenvalue weighted by Gasteiger charge is 2.42. The van der Waals surface area contributed by atoms with Crippen molar-refractivity contribution in [2.24, 2.45) is 0 Å². The van der Waals surface area contributed by atoms with Gasteiger partial charge in [0.25, 0.3) is 0 Å². The molecule has 2 fully saturated rings. The van der Waals surface area contributed by atoms with Gasteiger partial charge in [-0.1, -0.05) is 30.3 Å². The van der Waals surface area contributed by atoms with Crippen LogP contribution in [-0.4, -0.2) is 72.0 Å². The Hall–Kier alpha value is -1.39. The lowest BCUT2D eigenvalue weighted by atomic mass is 9.93. The smallest absolute Gasteiger partial charge is 0.222 e. The summed E-state index contributed by atoms with van der Waals surface area (Å²) >= 11 is 0. The van der Waals surface area contributed by atoms with Crippen LogP contribution in [0.3, 0.4) is 0 Å². The van der Waals surface area contributed by atoms with Gasteiger partial charge >= 0.3 is 0 Å². The number of amides is 1. The monoisotopic (exact) mass is 315 g/mol. The highest BCUT2D eigenvalue weighted by Crippen LogP contribution is 2.27. The fourth-order valence-electron chi connectivity index (χ4n) is 4.26. The second kappa shape index (κ2) is 6.62. The van der Waals surface area contributed by atoms with Gasteiger partial charge in [-0.3, -0.25) is 9.69 Å². The van der Waals surface area contributed by atoms with Crippen LogP contribution < -0.4 is 0 Å². The minimum Gasteiger partial charge on any atom is -0.340 e. The van der Waals surface area contributed by atoms with E-state index in [0.29, 0.717) is 18.4 Å². The van der Waals surface area contributed by atoms with E-state index in [2.05, 4.69) is 47.7 Å². The fourth-order valence-corrected chi connectivity index (χ4v) is 4.26. The molecule has 126 valence electrons. The number of aryl methyl sites for hydroxylation is 1. The molecule has 1 amide bonds. The third kappa shape index (κ3) is 3.75. The molecule has 4 heteroatoms. The average molecular weight is 315 g/mol. The molecule has 0 radical (unpaired) electrons. The van der Waals surface area contributed by atoms with E-state index in [0.717, 1.165) is 39.1 Å². The first-order valence-electron chi connectivity index (χ1n) is 8.73. The Labute approximate surface area is 140 Å². The number of carbonyl (C=O) groups is 1. The van der Waals surface area contributed by atoms with E-state index in [9.17, 15) is 4.79 Å². The second-order valence-corrected chi connectivity index (χ2v) is 7.68. The molecular formula is C19H29N3O. The van der Waals surface area contributed by atoms with E-state index in [4.69, 9.17) is 0 Å². The van der Waals surface area contributed by atoms with Gasteiger partial charge in [0.2, 0.25) is 5.91 Å².